The third-order valence-corrected chi connectivity index (χ3v) is 4.80. The first-order valence-corrected chi connectivity index (χ1v) is 8.89. The Bertz CT molecular complexity index is 510. The quantitative estimate of drug-likeness (QED) is 0.398. The largest absolute Gasteiger partial charge is 0.370 e. The number of nitrogens with one attached hydrogen (secondary N) is 1. The first-order chi connectivity index (χ1) is 11.1. The highest BCUT2D eigenvalue weighted by molar-refractivity contribution is 14.0. The van der Waals surface area contributed by atoms with E-state index in [1.807, 2.05) is 0 Å². The maximum Gasteiger partial charge on any atom is 0.189 e. The third kappa shape index (κ3) is 6.97. The lowest BCUT2D eigenvalue weighted by Gasteiger charge is -2.23. The molecule has 1 saturated carbocycles. The minimum absolute atomic E-state index is 0. The van der Waals surface area contributed by atoms with Gasteiger partial charge in [-0.3, -0.25) is 4.90 Å². The molecule has 0 aliphatic heterocycles. The van der Waals surface area contributed by atoms with Gasteiger partial charge in [-0.1, -0.05) is 43.5 Å². The van der Waals surface area contributed by atoms with Crippen molar-refractivity contribution in [1.29, 1.82) is 0 Å². The fourth-order valence-electron chi connectivity index (χ4n) is 2.99. The van der Waals surface area contributed by atoms with E-state index in [-0.39, 0.29) is 24.0 Å². The third-order valence-electron chi connectivity index (χ3n) is 4.80. The summed E-state index contributed by atoms with van der Waals surface area (Å²) in [6, 6.07) is 9.56. The molecule has 5 heteroatoms. The second-order valence-corrected chi connectivity index (χ2v) is 6.96. The molecular formula is C19H33IN4. The summed E-state index contributed by atoms with van der Waals surface area (Å²) in [4.78, 5) is 6.91. The Morgan fingerprint density at radius 2 is 1.83 bits per heavy atom. The predicted molar refractivity (Wildman–Crippen MR) is 114 cm³/mol. The van der Waals surface area contributed by atoms with Crippen LogP contribution in [0.2, 0.25) is 0 Å². The molecule has 0 atom stereocenters. The molecule has 0 amide bonds. The highest BCUT2D eigenvalue weighted by atomic mass is 127. The van der Waals surface area contributed by atoms with Gasteiger partial charge in [0.2, 0.25) is 0 Å². The molecule has 1 aliphatic carbocycles. The van der Waals surface area contributed by atoms with E-state index < -0.39 is 0 Å². The van der Waals surface area contributed by atoms with Gasteiger partial charge in [0.25, 0.3) is 0 Å². The van der Waals surface area contributed by atoms with Crippen LogP contribution in [0.15, 0.2) is 29.3 Å². The Kier molecular flexibility index (Phi) is 9.66. The van der Waals surface area contributed by atoms with Crippen molar-refractivity contribution < 1.29 is 0 Å². The molecule has 0 unspecified atom stereocenters. The molecule has 3 N–H and O–H groups in total. The van der Waals surface area contributed by atoms with Crippen molar-refractivity contribution in [2.45, 2.75) is 71.1 Å². The molecule has 4 nitrogen and oxygen atoms in total. The van der Waals surface area contributed by atoms with Crippen molar-refractivity contribution in [2.24, 2.45) is 10.7 Å². The minimum Gasteiger partial charge on any atom is -0.370 e. The van der Waals surface area contributed by atoms with Gasteiger partial charge >= 0.3 is 0 Å². The average molecular weight is 444 g/mol. The highest BCUT2D eigenvalue weighted by Gasteiger charge is 2.13. The zero-order valence-corrected chi connectivity index (χ0v) is 17.6. The molecular weight excluding hydrogens is 411 g/mol. The normalized spacial score (nSPS) is 16.3. The number of hydrogen-bond donors (Lipinski definition) is 2. The van der Waals surface area contributed by atoms with Gasteiger partial charge in [-0.15, -0.1) is 24.0 Å². The molecule has 24 heavy (non-hydrogen) atoms. The maximum absolute atomic E-state index is 6.08. The fraction of sp³-hybridized carbons (Fsp3) is 0.632. The molecule has 0 heterocycles. The zero-order chi connectivity index (χ0) is 16.7. The van der Waals surface area contributed by atoms with E-state index in [0.29, 0.717) is 24.6 Å². The number of nitrogens with two attached hydrogens (primary N) is 1. The average Bonchev–Trinajstić information content (AvgIpc) is 2.55. The second-order valence-electron chi connectivity index (χ2n) is 6.96. The van der Waals surface area contributed by atoms with Crippen molar-refractivity contribution in [2.75, 3.05) is 7.05 Å². The lowest BCUT2D eigenvalue weighted by atomic mass is 9.96. The van der Waals surface area contributed by atoms with Crippen molar-refractivity contribution in [3.05, 3.63) is 35.4 Å². The Morgan fingerprint density at radius 3 is 2.46 bits per heavy atom. The lowest BCUT2D eigenvalue weighted by molar-refractivity contribution is 0.265. The molecule has 1 aromatic carbocycles. The van der Waals surface area contributed by atoms with E-state index in [2.05, 4.69) is 60.4 Å². The summed E-state index contributed by atoms with van der Waals surface area (Å²) in [7, 11) is 2.16. The number of rotatable bonds is 6. The maximum atomic E-state index is 6.08. The number of nitrogens with zero attached hydrogens (tertiary/aromatic N) is 2. The molecule has 0 bridgehead atoms. The van der Waals surface area contributed by atoms with Crippen LogP contribution < -0.4 is 11.1 Å². The lowest BCUT2D eigenvalue weighted by Crippen LogP contribution is -2.41. The van der Waals surface area contributed by atoms with Gasteiger partial charge in [0.1, 0.15) is 0 Å². The fourth-order valence-corrected chi connectivity index (χ4v) is 2.99. The van der Waals surface area contributed by atoms with E-state index >= 15 is 0 Å². The summed E-state index contributed by atoms with van der Waals surface area (Å²) in [6.07, 6.45) is 6.38. The van der Waals surface area contributed by atoms with Crippen LogP contribution in [0.5, 0.6) is 0 Å². The summed E-state index contributed by atoms with van der Waals surface area (Å²) in [5.41, 5.74) is 8.67. The number of guanidine groups is 1. The number of halogens is 1. The summed E-state index contributed by atoms with van der Waals surface area (Å²) < 4.78 is 0. The van der Waals surface area contributed by atoms with Crippen LogP contribution in [0.4, 0.5) is 0 Å². The van der Waals surface area contributed by atoms with Crippen LogP contribution in [0.25, 0.3) is 0 Å². The topological polar surface area (TPSA) is 53.6 Å². The van der Waals surface area contributed by atoms with Gasteiger partial charge in [0.15, 0.2) is 5.96 Å². The monoisotopic (exact) mass is 444 g/mol. The van der Waals surface area contributed by atoms with Gasteiger partial charge in [0, 0.05) is 18.6 Å². The molecule has 0 spiro atoms. The van der Waals surface area contributed by atoms with Gasteiger partial charge in [-0.25, -0.2) is 4.99 Å². The first kappa shape index (κ1) is 21.2. The van der Waals surface area contributed by atoms with E-state index in [0.717, 1.165) is 6.54 Å². The van der Waals surface area contributed by atoms with Gasteiger partial charge in [-0.2, -0.15) is 0 Å². The summed E-state index contributed by atoms with van der Waals surface area (Å²) in [5, 5.41) is 3.38. The van der Waals surface area contributed by atoms with E-state index in [9.17, 15) is 0 Å². The van der Waals surface area contributed by atoms with Gasteiger partial charge < -0.3 is 11.1 Å². The molecule has 0 aromatic heterocycles. The molecule has 2 rings (SSSR count). The standard InChI is InChI=1S/C19H32N4.HI/c1-15(2)23(3)14-17-10-8-7-9-16(17)13-21-19(20)22-18-11-5-4-6-12-18;/h7-10,15,18H,4-6,11-14H2,1-3H3,(H3,20,21,22);1H. The minimum atomic E-state index is 0. The molecule has 0 radical (unpaired) electrons. The number of hydrogen-bond acceptors (Lipinski definition) is 2. The summed E-state index contributed by atoms with van der Waals surface area (Å²) in [6.45, 7) is 6.02. The van der Waals surface area contributed by atoms with Crippen molar-refractivity contribution in [3.63, 3.8) is 0 Å². The predicted octanol–water partition coefficient (Wildman–Crippen LogP) is 3.88. The van der Waals surface area contributed by atoms with Crippen LogP contribution in [0.3, 0.4) is 0 Å². The van der Waals surface area contributed by atoms with Gasteiger partial charge in [-0.05, 0) is 44.9 Å². The smallest absolute Gasteiger partial charge is 0.189 e. The highest BCUT2D eigenvalue weighted by Crippen LogP contribution is 2.17. The van der Waals surface area contributed by atoms with Crippen LogP contribution in [0.1, 0.15) is 57.1 Å². The van der Waals surface area contributed by atoms with Crippen molar-refractivity contribution in [3.8, 4) is 0 Å². The first-order valence-electron chi connectivity index (χ1n) is 8.89. The Morgan fingerprint density at radius 1 is 1.21 bits per heavy atom. The summed E-state index contributed by atoms with van der Waals surface area (Å²) in [5.74, 6) is 0.587. The van der Waals surface area contributed by atoms with E-state index in [1.54, 1.807) is 0 Å². The Hall–Kier alpha value is -0.820. The van der Waals surface area contributed by atoms with Crippen LogP contribution in [-0.4, -0.2) is 30.0 Å². The van der Waals surface area contributed by atoms with E-state index in [4.69, 9.17) is 5.73 Å². The van der Waals surface area contributed by atoms with Crippen LogP contribution in [0, 0.1) is 0 Å². The Balaban J connectivity index is 0.00000288. The van der Waals surface area contributed by atoms with Crippen LogP contribution in [-0.2, 0) is 13.1 Å². The van der Waals surface area contributed by atoms with Crippen LogP contribution >= 0.6 is 24.0 Å². The molecule has 0 saturated heterocycles. The summed E-state index contributed by atoms with van der Waals surface area (Å²) >= 11 is 0. The molecule has 1 fully saturated rings. The van der Waals surface area contributed by atoms with Crippen molar-refractivity contribution in [1.82, 2.24) is 10.2 Å². The number of benzene rings is 1. The SMILES string of the molecule is CC(C)N(C)Cc1ccccc1CN=C(N)NC1CCCCC1.I. The van der Waals surface area contributed by atoms with E-state index in [1.165, 1.54) is 43.2 Å². The van der Waals surface area contributed by atoms with Crippen molar-refractivity contribution >= 4 is 29.9 Å². The molecule has 136 valence electrons. The zero-order valence-electron chi connectivity index (χ0n) is 15.3. The van der Waals surface area contributed by atoms with Gasteiger partial charge in [0.05, 0.1) is 6.54 Å². The Labute approximate surface area is 164 Å². The number of aliphatic imine (C=N–C) groups is 1. The molecule has 1 aliphatic rings. The molecule has 1 aromatic rings. The second kappa shape index (κ2) is 10.9.